The summed E-state index contributed by atoms with van der Waals surface area (Å²) in [4.78, 5) is 21.2. The molecule has 0 unspecified atom stereocenters. The molecule has 2 aromatic carbocycles. The Morgan fingerprint density at radius 3 is 1.81 bits per heavy atom. The van der Waals surface area contributed by atoms with Crippen molar-refractivity contribution in [1.82, 2.24) is 0 Å². The van der Waals surface area contributed by atoms with Gasteiger partial charge in [-0.3, -0.25) is 20.2 Å². The van der Waals surface area contributed by atoms with Crippen LogP contribution in [0.2, 0.25) is 0 Å². The zero-order valence-corrected chi connectivity index (χ0v) is 14.5. The van der Waals surface area contributed by atoms with Crippen molar-refractivity contribution in [1.29, 1.82) is 5.39 Å². The molecule has 0 spiro atoms. The maximum atomic E-state index is 11.1. The molecule has 0 radical (unpaired) electrons. The highest BCUT2D eigenvalue weighted by Crippen LogP contribution is 2.37. The second-order valence-electron chi connectivity index (χ2n) is 4.76. The van der Waals surface area contributed by atoms with E-state index in [1.54, 1.807) is 0 Å². The minimum Gasteiger partial charge on any atom is -0.428 e. The first-order valence-corrected chi connectivity index (χ1v) is 9.49. The third-order valence-corrected chi connectivity index (χ3v) is 6.60. The summed E-state index contributed by atoms with van der Waals surface area (Å²) >= 11 is 0. The van der Waals surface area contributed by atoms with E-state index in [0.717, 1.165) is 18.2 Å². The topological polar surface area (TPSA) is 197 Å². The highest BCUT2D eigenvalue weighted by molar-refractivity contribution is 8.14. The van der Waals surface area contributed by atoms with Gasteiger partial charge < -0.3 is 4.13 Å². The maximum Gasteiger partial charge on any atom is 0.461 e. The van der Waals surface area contributed by atoms with Crippen LogP contribution in [-0.4, -0.2) is 26.7 Å². The summed E-state index contributed by atoms with van der Waals surface area (Å²) in [5.41, 5.74) is -1.36. The highest BCUT2D eigenvalue weighted by atomic mass is 32.3. The molecule has 1 aliphatic rings. The van der Waals surface area contributed by atoms with E-state index in [4.69, 9.17) is 5.39 Å². The Balaban J connectivity index is 0.000000194. The summed E-state index contributed by atoms with van der Waals surface area (Å²) < 4.78 is 47.3. The first-order chi connectivity index (χ1) is 12.5. The zero-order valence-electron chi connectivity index (χ0n) is 12.9. The minimum atomic E-state index is -3.98. The van der Waals surface area contributed by atoms with E-state index in [0.29, 0.717) is 0 Å². The Morgan fingerprint density at radius 2 is 1.41 bits per heavy atom. The van der Waals surface area contributed by atoms with Crippen LogP contribution in [0, 0.1) is 25.6 Å². The van der Waals surface area contributed by atoms with Crippen LogP contribution >= 0.6 is 0 Å². The van der Waals surface area contributed by atoms with Gasteiger partial charge in [-0.1, -0.05) is 12.1 Å². The summed E-state index contributed by atoms with van der Waals surface area (Å²) in [5, 5.41) is 29.0. The molecule has 0 amide bonds. The van der Waals surface area contributed by atoms with Crippen molar-refractivity contribution in [3.8, 4) is 0 Å². The van der Waals surface area contributed by atoms with Gasteiger partial charge in [-0.25, -0.2) is 16.8 Å². The largest absolute Gasteiger partial charge is 0.461 e. The van der Waals surface area contributed by atoms with Gasteiger partial charge in [-0.15, -0.1) is 0 Å². The van der Waals surface area contributed by atoms with Crippen LogP contribution in [0.5, 0.6) is 0 Å². The molecule has 0 aromatic heterocycles. The van der Waals surface area contributed by atoms with Crippen LogP contribution in [0.3, 0.4) is 0 Å². The van der Waals surface area contributed by atoms with E-state index >= 15 is 0 Å². The number of nitro groups is 2. The number of non-ortho nitro benzene ring substituents is 1. The molecule has 0 saturated heterocycles. The van der Waals surface area contributed by atoms with Crippen molar-refractivity contribution in [2.24, 2.45) is 0 Å². The molecule has 27 heavy (non-hydrogen) atoms. The van der Waals surface area contributed by atoms with Crippen molar-refractivity contribution in [2.45, 2.75) is 9.79 Å². The number of hydrogen-bond acceptors (Lipinski definition) is 9. The Labute approximate surface area is 151 Å². The Kier molecular flexibility index (Phi) is 5.16. The Bertz CT molecular complexity index is 1150. The van der Waals surface area contributed by atoms with Crippen molar-refractivity contribution in [2.75, 3.05) is 0 Å². The summed E-state index contributed by atoms with van der Waals surface area (Å²) in [6, 6.07) is 8.09. The van der Waals surface area contributed by atoms with Gasteiger partial charge in [0.1, 0.15) is 26.1 Å². The third kappa shape index (κ3) is 4.03. The van der Waals surface area contributed by atoms with Gasteiger partial charge in [0.15, 0.2) is 4.98 Å². The molecule has 13 nitrogen and oxygen atoms in total. The summed E-state index contributed by atoms with van der Waals surface area (Å²) in [6.07, 6.45) is 0. The number of diazo groups is 1. The number of fused-ring (bicyclic) bond motifs is 1. The molecule has 3 rings (SSSR count). The summed E-state index contributed by atoms with van der Waals surface area (Å²) in [7, 11) is -7.95. The minimum absolute atomic E-state index is 0.241. The normalized spacial score (nSPS) is 15.5. The number of nitrogens with zero attached hydrogens (tertiary/aromatic N) is 5. The summed E-state index contributed by atoms with van der Waals surface area (Å²) in [5.74, 6) is 0. The molecule has 2 aromatic rings. The second kappa shape index (κ2) is 7.03. The molecule has 0 fully saturated rings. The van der Waals surface area contributed by atoms with Crippen molar-refractivity contribution >= 4 is 37.1 Å². The fourth-order valence-electron chi connectivity index (χ4n) is 1.94. The predicted molar refractivity (Wildman–Crippen MR) is 88.7 cm³/mol. The lowest BCUT2D eigenvalue weighted by molar-refractivity contribution is -0.393. The summed E-state index contributed by atoms with van der Waals surface area (Å²) in [6.45, 7) is 0. The van der Waals surface area contributed by atoms with Gasteiger partial charge in [0.05, 0.1) is 19.6 Å². The molecule has 0 saturated carbocycles. The average molecular weight is 413 g/mol. The second-order valence-corrected chi connectivity index (χ2v) is 8.13. The number of hydrogen-bond donors (Lipinski definition) is 0. The fourth-order valence-corrected chi connectivity index (χ4v) is 5.40. The SMILES string of the molecule is N#[N+]c1ccc([N+](=O)[O-])cc1[N+](=O)[O-].O=S1(=O)[N-]S(=O)(=O)c2ccccc21. The van der Waals surface area contributed by atoms with E-state index in [1.807, 2.05) is 0 Å². The smallest absolute Gasteiger partial charge is 0.428 e. The molecule has 1 heterocycles. The van der Waals surface area contributed by atoms with E-state index < -0.39 is 41.3 Å². The lowest BCUT2D eigenvalue weighted by Crippen LogP contribution is -1.92. The number of nitro benzene ring substituents is 2. The van der Waals surface area contributed by atoms with Crippen LogP contribution in [0.25, 0.3) is 9.10 Å². The molecule has 15 heteroatoms. The molecule has 0 N–H and O–H groups in total. The average Bonchev–Trinajstić information content (AvgIpc) is 2.79. The van der Waals surface area contributed by atoms with Crippen molar-refractivity contribution < 1.29 is 26.7 Å². The third-order valence-electron chi connectivity index (χ3n) is 3.08. The lowest BCUT2D eigenvalue weighted by atomic mass is 10.2. The Morgan fingerprint density at radius 1 is 0.889 bits per heavy atom. The van der Waals surface area contributed by atoms with E-state index in [1.165, 1.54) is 24.3 Å². The lowest BCUT2D eigenvalue weighted by Gasteiger charge is -2.05. The molecular formula is C12H7N5O8S2. The van der Waals surface area contributed by atoms with Crippen LogP contribution in [-0.2, 0) is 20.0 Å². The monoisotopic (exact) mass is 413 g/mol. The van der Waals surface area contributed by atoms with Gasteiger partial charge in [0, 0.05) is 12.1 Å². The molecule has 0 bridgehead atoms. The molecule has 0 atom stereocenters. The van der Waals surface area contributed by atoms with Gasteiger partial charge >= 0.3 is 11.4 Å². The quantitative estimate of drug-likeness (QED) is 0.403. The zero-order chi connectivity index (χ0) is 20.4. The molecular weight excluding hydrogens is 406 g/mol. The van der Waals surface area contributed by atoms with E-state index in [-0.39, 0.29) is 15.5 Å². The highest BCUT2D eigenvalue weighted by Gasteiger charge is 2.28. The molecule has 1 aliphatic heterocycles. The van der Waals surface area contributed by atoms with E-state index in [9.17, 15) is 37.1 Å². The van der Waals surface area contributed by atoms with Gasteiger partial charge in [0.25, 0.3) is 5.69 Å². The van der Waals surface area contributed by atoms with Crippen LogP contribution in [0.15, 0.2) is 52.3 Å². The van der Waals surface area contributed by atoms with Gasteiger partial charge in [-0.05, 0) is 12.1 Å². The first kappa shape index (κ1) is 19.8. The van der Waals surface area contributed by atoms with Crippen molar-refractivity contribution in [3.63, 3.8) is 0 Å². The number of sulfonamides is 2. The number of benzene rings is 2. The van der Waals surface area contributed by atoms with Crippen molar-refractivity contribution in [3.05, 3.63) is 71.8 Å². The van der Waals surface area contributed by atoms with Crippen LogP contribution in [0.4, 0.5) is 17.1 Å². The first-order valence-electron chi connectivity index (χ1n) is 6.61. The standard InChI is InChI=1S/C6H3N4O4.C6H4NO4S2/c7-8-5-2-1-4(9(11)12)3-6(5)10(13)14;8-12(9)5-3-1-2-4-6(5)13(10,11)7-12/h1-3H;1-4H/q+1;-1. The predicted octanol–water partition coefficient (Wildman–Crippen LogP) is 2.44. The number of rotatable bonds is 2. The molecule has 0 aliphatic carbocycles. The van der Waals surface area contributed by atoms with Gasteiger partial charge in [-0.2, -0.15) is 0 Å². The van der Waals surface area contributed by atoms with E-state index in [2.05, 4.69) is 9.10 Å². The maximum absolute atomic E-state index is 11.1. The fraction of sp³-hybridized carbons (Fsp3) is 0. The Hall–Kier alpha value is -3.48. The van der Waals surface area contributed by atoms with Crippen LogP contribution in [0.1, 0.15) is 0 Å². The van der Waals surface area contributed by atoms with Gasteiger partial charge in [0.2, 0.25) is 5.39 Å². The molecule has 140 valence electrons. The van der Waals surface area contributed by atoms with Crippen LogP contribution < -0.4 is 0 Å².